The van der Waals surface area contributed by atoms with Crippen LogP contribution in [0.2, 0.25) is 0 Å². The van der Waals surface area contributed by atoms with E-state index in [0.717, 1.165) is 31.5 Å². The van der Waals surface area contributed by atoms with Crippen molar-refractivity contribution in [3.05, 3.63) is 22.4 Å². The second kappa shape index (κ2) is 8.25. The molecule has 0 atom stereocenters. The molecule has 9 heteroatoms. The maximum atomic E-state index is 14.0. The van der Waals surface area contributed by atoms with Gasteiger partial charge in [0.05, 0.1) is 12.8 Å². The highest BCUT2D eigenvalue weighted by Gasteiger charge is 2.33. The van der Waals surface area contributed by atoms with Gasteiger partial charge in [-0.1, -0.05) is 0 Å². The van der Waals surface area contributed by atoms with Crippen molar-refractivity contribution in [2.24, 2.45) is 5.92 Å². The molecule has 7 nitrogen and oxygen atoms in total. The number of imidazole rings is 1. The van der Waals surface area contributed by atoms with Gasteiger partial charge in [0.15, 0.2) is 9.19 Å². The molecular formula is C19H26FIN4O3. The van der Waals surface area contributed by atoms with Crippen LogP contribution in [0, 0.1) is 5.92 Å². The third kappa shape index (κ3) is 4.05. The summed E-state index contributed by atoms with van der Waals surface area (Å²) in [6.45, 7) is 4.22. The van der Waals surface area contributed by atoms with Gasteiger partial charge in [-0.3, -0.25) is 9.36 Å². The van der Waals surface area contributed by atoms with Crippen LogP contribution in [-0.2, 0) is 11.3 Å². The lowest BCUT2D eigenvalue weighted by Gasteiger charge is -2.29. The third-order valence-electron chi connectivity index (χ3n) is 5.83. The molecule has 0 amide bonds. The number of fused-ring (bicyclic) bond motifs is 1. The van der Waals surface area contributed by atoms with Crippen molar-refractivity contribution in [2.45, 2.75) is 61.6 Å². The van der Waals surface area contributed by atoms with Crippen LogP contribution in [0.4, 0.5) is 4.39 Å². The Balaban J connectivity index is 1.59. The molecular weight excluding hydrogens is 478 g/mol. The van der Waals surface area contributed by atoms with Crippen LogP contribution in [0.5, 0.6) is 6.01 Å². The van der Waals surface area contributed by atoms with Crippen molar-refractivity contribution in [3.63, 3.8) is 0 Å². The highest BCUT2D eigenvalue weighted by Crippen LogP contribution is 2.40. The smallest absolute Gasteiger partial charge is 0.317 e. The first-order chi connectivity index (χ1) is 13.5. The minimum Gasteiger partial charge on any atom is -0.463 e. The molecule has 2 fully saturated rings. The number of nitrogens with zero attached hydrogens (tertiary/aromatic N) is 4. The maximum absolute atomic E-state index is 14.0. The Morgan fingerprint density at radius 2 is 2.04 bits per heavy atom. The molecule has 0 spiro atoms. The summed E-state index contributed by atoms with van der Waals surface area (Å²) >= 11 is 1.91. The predicted octanol–water partition coefficient (Wildman–Crippen LogP) is 3.47. The highest BCUT2D eigenvalue weighted by molar-refractivity contribution is 14.1. The first-order valence-electron chi connectivity index (χ1n) is 10.1. The van der Waals surface area contributed by atoms with Crippen molar-refractivity contribution in [2.75, 3.05) is 19.8 Å². The Hall–Kier alpha value is -1.23. The van der Waals surface area contributed by atoms with Crippen molar-refractivity contribution < 1.29 is 13.9 Å². The standard InChI is InChI=1S/C19H26FIN4O3/c1-2-24-17(26)15-11-22-16(14-5-9-27-10-6-14)25(15)23-18(24)28-12-13-3-7-19(20,21)8-4-13/h11,13-14H,2-10,12H2,1H3. The van der Waals surface area contributed by atoms with E-state index in [-0.39, 0.29) is 17.4 Å². The monoisotopic (exact) mass is 504 g/mol. The van der Waals surface area contributed by atoms with Crippen molar-refractivity contribution in [1.82, 2.24) is 19.2 Å². The summed E-state index contributed by atoms with van der Waals surface area (Å²) in [7, 11) is 0. The van der Waals surface area contributed by atoms with E-state index in [1.165, 1.54) is 0 Å². The number of halogens is 2. The van der Waals surface area contributed by atoms with E-state index in [2.05, 4.69) is 10.1 Å². The second-order valence-corrected chi connectivity index (χ2v) is 9.68. The molecule has 0 unspecified atom stereocenters. The fourth-order valence-electron chi connectivity index (χ4n) is 4.05. The molecule has 1 aliphatic heterocycles. The normalized spacial score (nSPS) is 26.6. The van der Waals surface area contributed by atoms with E-state index in [0.29, 0.717) is 50.7 Å². The minimum absolute atomic E-state index is 0.142. The van der Waals surface area contributed by atoms with Gasteiger partial charge in [-0.05, 0) is 74.0 Å². The summed E-state index contributed by atoms with van der Waals surface area (Å²) in [5.41, 5.74) is 0.331. The molecule has 154 valence electrons. The first-order valence-corrected chi connectivity index (χ1v) is 11.1. The number of ether oxygens (including phenoxy) is 2. The SMILES string of the molecule is CCn1c(OCC2CCC(F)(I)CC2)nn2c(C3CCOCC3)ncc2c1=O. The maximum Gasteiger partial charge on any atom is 0.317 e. The summed E-state index contributed by atoms with van der Waals surface area (Å²) in [6, 6.07) is 0.317. The lowest BCUT2D eigenvalue weighted by molar-refractivity contribution is 0.0831. The van der Waals surface area contributed by atoms with Crippen LogP contribution in [-0.4, -0.2) is 42.7 Å². The van der Waals surface area contributed by atoms with Crippen LogP contribution in [0.15, 0.2) is 11.0 Å². The van der Waals surface area contributed by atoms with Gasteiger partial charge >= 0.3 is 6.01 Å². The Kier molecular flexibility index (Phi) is 5.91. The quantitative estimate of drug-likeness (QED) is 0.461. The summed E-state index contributed by atoms with van der Waals surface area (Å²) in [5, 5.41) is 4.63. The van der Waals surface area contributed by atoms with Crippen LogP contribution in [0.1, 0.15) is 57.2 Å². The molecule has 0 N–H and O–H groups in total. The van der Waals surface area contributed by atoms with E-state index >= 15 is 0 Å². The van der Waals surface area contributed by atoms with E-state index in [1.807, 2.05) is 29.5 Å². The molecule has 1 saturated heterocycles. The number of hydrogen-bond donors (Lipinski definition) is 0. The minimum atomic E-state index is -1.09. The van der Waals surface area contributed by atoms with Crippen LogP contribution >= 0.6 is 22.6 Å². The molecule has 0 bridgehead atoms. The largest absolute Gasteiger partial charge is 0.463 e. The van der Waals surface area contributed by atoms with Gasteiger partial charge in [-0.2, -0.15) is 0 Å². The average molecular weight is 504 g/mol. The van der Waals surface area contributed by atoms with E-state index < -0.39 is 3.68 Å². The van der Waals surface area contributed by atoms with Gasteiger partial charge in [0.25, 0.3) is 5.56 Å². The molecule has 2 aliphatic rings. The van der Waals surface area contributed by atoms with Crippen molar-refractivity contribution >= 4 is 28.1 Å². The zero-order valence-corrected chi connectivity index (χ0v) is 18.2. The molecule has 0 radical (unpaired) electrons. The fraction of sp³-hybridized carbons (Fsp3) is 0.737. The molecule has 3 heterocycles. The Morgan fingerprint density at radius 3 is 2.71 bits per heavy atom. The van der Waals surface area contributed by atoms with Gasteiger partial charge in [-0.15, -0.1) is 5.10 Å². The van der Waals surface area contributed by atoms with Crippen LogP contribution < -0.4 is 10.3 Å². The molecule has 1 saturated carbocycles. The van der Waals surface area contributed by atoms with E-state index in [1.54, 1.807) is 15.3 Å². The number of aromatic nitrogens is 4. The van der Waals surface area contributed by atoms with Crippen LogP contribution in [0.3, 0.4) is 0 Å². The lowest BCUT2D eigenvalue weighted by atomic mass is 9.89. The molecule has 2 aromatic rings. The van der Waals surface area contributed by atoms with Gasteiger partial charge in [0, 0.05) is 25.7 Å². The van der Waals surface area contributed by atoms with Crippen molar-refractivity contribution in [1.29, 1.82) is 0 Å². The zero-order valence-electron chi connectivity index (χ0n) is 16.1. The molecule has 4 rings (SSSR count). The van der Waals surface area contributed by atoms with Gasteiger partial charge in [-0.25, -0.2) is 13.9 Å². The fourth-order valence-corrected chi connectivity index (χ4v) is 4.68. The third-order valence-corrected chi connectivity index (χ3v) is 6.91. The molecule has 2 aromatic heterocycles. The van der Waals surface area contributed by atoms with Gasteiger partial charge in [0.2, 0.25) is 0 Å². The Bertz CT molecular complexity index is 881. The average Bonchev–Trinajstić information content (AvgIpc) is 3.12. The number of hydrogen-bond acceptors (Lipinski definition) is 5. The summed E-state index contributed by atoms with van der Waals surface area (Å²) < 4.78 is 27.5. The summed E-state index contributed by atoms with van der Waals surface area (Å²) in [5.74, 6) is 1.32. The summed E-state index contributed by atoms with van der Waals surface area (Å²) in [4.78, 5) is 17.4. The molecule has 28 heavy (non-hydrogen) atoms. The second-order valence-electron chi connectivity index (χ2n) is 7.74. The van der Waals surface area contributed by atoms with E-state index in [9.17, 15) is 9.18 Å². The van der Waals surface area contributed by atoms with Crippen molar-refractivity contribution in [3.8, 4) is 6.01 Å². The Labute approximate surface area is 176 Å². The predicted molar refractivity (Wildman–Crippen MR) is 111 cm³/mol. The molecule has 0 aromatic carbocycles. The zero-order chi connectivity index (χ0) is 19.7. The number of alkyl halides is 2. The van der Waals surface area contributed by atoms with E-state index in [4.69, 9.17) is 9.47 Å². The lowest BCUT2D eigenvalue weighted by Crippen LogP contribution is -2.29. The topological polar surface area (TPSA) is 70.7 Å². The number of rotatable bonds is 5. The first kappa shape index (κ1) is 20.1. The summed E-state index contributed by atoms with van der Waals surface area (Å²) in [6.07, 6.45) is 6.02. The highest BCUT2D eigenvalue weighted by atomic mass is 127. The van der Waals surface area contributed by atoms with Gasteiger partial charge < -0.3 is 9.47 Å². The molecule has 1 aliphatic carbocycles. The van der Waals surface area contributed by atoms with Gasteiger partial charge in [0.1, 0.15) is 5.82 Å². The Morgan fingerprint density at radius 1 is 1.32 bits per heavy atom. The van der Waals surface area contributed by atoms with Crippen LogP contribution in [0.25, 0.3) is 5.52 Å².